The third-order valence-electron chi connectivity index (χ3n) is 4.37. The van der Waals surface area contributed by atoms with E-state index in [1.807, 2.05) is 6.07 Å². The molecular weight excluding hydrogens is 368 g/mol. The topological polar surface area (TPSA) is 75.8 Å². The van der Waals surface area contributed by atoms with Gasteiger partial charge < -0.3 is 14.4 Å². The highest BCUT2D eigenvalue weighted by molar-refractivity contribution is 6.31. The molecule has 1 N–H and O–H groups in total. The molecule has 6 nitrogen and oxygen atoms in total. The molecule has 1 aromatic heterocycles. The van der Waals surface area contributed by atoms with Crippen LogP contribution in [0.5, 0.6) is 5.75 Å². The van der Waals surface area contributed by atoms with Gasteiger partial charge in [0.05, 0.1) is 13.2 Å². The number of nitrogens with zero attached hydrogens (tertiary/aromatic N) is 2. The molecule has 1 unspecified atom stereocenters. The summed E-state index contributed by atoms with van der Waals surface area (Å²) in [6.07, 6.45) is -1.12. The quantitative estimate of drug-likeness (QED) is 0.621. The summed E-state index contributed by atoms with van der Waals surface area (Å²) in [4.78, 5) is 13.4. The molecule has 27 heavy (non-hydrogen) atoms. The van der Waals surface area contributed by atoms with Gasteiger partial charge >= 0.3 is 6.09 Å². The summed E-state index contributed by atoms with van der Waals surface area (Å²) in [5, 5.41) is 14.4. The third kappa shape index (κ3) is 3.61. The molecule has 0 aliphatic heterocycles. The van der Waals surface area contributed by atoms with Gasteiger partial charge in [0.25, 0.3) is 0 Å². The van der Waals surface area contributed by atoms with Crippen LogP contribution in [-0.2, 0) is 0 Å². The first-order valence-electron chi connectivity index (χ1n) is 8.31. The van der Waals surface area contributed by atoms with Crippen molar-refractivity contribution in [3.05, 3.63) is 64.8 Å². The van der Waals surface area contributed by atoms with Gasteiger partial charge in [-0.25, -0.2) is 4.79 Å². The van der Waals surface area contributed by atoms with Gasteiger partial charge in [0.1, 0.15) is 17.1 Å². The first kappa shape index (κ1) is 18.8. The zero-order chi connectivity index (χ0) is 19.6. The van der Waals surface area contributed by atoms with Crippen molar-refractivity contribution in [2.75, 3.05) is 12.0 Å². The van der Waals surface area contributed by atoms with Gasteiger partial charge in [-0.2, -0.15) is 0 Å². The molecule has 3 aromatic rings. The van der Waals surface area contributed by atoms with Gasteiger partial charge in [-0.15, -0.1) is 0 Å². The lowest BCUT2D eigenvalue weighted by atomic mass is 10.0. The molecule has 1 heterocycles. The molecule has 0 fully saturated rings. The van der Waals surface area contributed by atoms with Gasteiger partial charge in [-0.05, 0) is 49.7 Å². The van der Waals surface area contributed by atoms with Crippen molar-refractivity contribution in [3.63, 3.8) is 0 Å². The van der Waals surface area contributed by atoms with Gasteiger partial charge in [0.2, 0.25) is 0 Å². The van der Waals surface area contributed by atoms with Crippen LogP contribution in [-0.4, -0.2) is 23.5 Å². The summed E-state index contributed by atoms with van der Waals surface area (Å²) in [5.41, 5.74) is 2.26. The Labute approximate surface area is 161 Å². The number of carboxylic acid groups (broad SMARTS) is 1. The lowest BCUT2D eigenvalue weighted by Crippen LogP contribution is -2.33. The van der Waals surface area contributed by atoms with Crippen molar-refractivity contribution in [3.8, 4) is 17.1 Å². The standard InChI is InChI=1S/C20H19ClN2O4/c1-12-18(19(27-22-12)14-8-10-15(26-3)11-9-14)23(20(24)25)13(2)16-6-4-5-7-17(16)21/h4-11,13H,1-3H3,(H,24,25). The predicted octanol–water partition coefficient (Wildman–Crippen LogP) is 5.56. The predicted molar refractivity (Wildman–Crippen MR) is 104 cm³/mol. The number of amides is 1. The summed E-state index contributed by atoms with van der Waals surface area (Å²) >= 11 is 6.29. The molecule has 0 spiro atoms. The van der Waals surface area contributed by atoms with E-state index >= 15 is 0 Å². The second kappa shape index (κ2) is 7.72. The van der Waals surface area contributed by atoms with E-state index in [9.17, 15) is 9.90 Å². The fraction of sp³-hybridized carbons (Fsp3) is 0.200. The Morgan fingerprint density at radius 2 is 1.89 bits per heavy atom. The Kier molecular flexibility index (Phi) is 5.37. The maximum Gasteiger partial charge on any atom is 0.412 e. The fourth-order valence-electron chi connectivity index (χ4n) is 2.99. The van der Waals surface area contributed by atoms with Crippen molar-refractivity contribution >= 4 is 23.4 Å². The first-order valence-corrected chi connectivity index (χ1v) is 8.69. The normalized spacial score (nSPS) is 11.9. The van der Waals surface area contributed by atoms with Gasteiger partial charge in [0.15, 0.2) is 5.76 Å². The zero-order valence-corrected chi connectivity index (χ0v) is 15.9. The second-order valence-electron chi connectivity index (χ2n) is 6.02. The van der Waals surface area contributed by atoms with E-state index in [4.69, 9.17) is 20.9 Å². The van der Waals surface area contributed by atoms with E-state index in [1.54, 1.807) is 63.4 Å². The Morgan fingerprint density at radius 1 is 1.22 bits per heavy atom. The number of carbonyl (C=O) groups is 1. The van der Waals surface area contributed by atoms with E-state index in [1.165, 1.54) is 4.90 Å². The smallest absolute Gasteiger partial charge is 0.412 e. The lowest BCUT2D eigenvalue weighted by Gasteiger charge is -2.27. The largest absolute Gasteiger partial charge is 0.497 e. The molecule has 0 saturated heterocycles. The average Bonchev–Trinajstić information content (AvgIpc) is 3.03. The molecule has 0 saturated carbocycles. The molecule has 3 rings (SSSR count). The summed E-state index contributed by atoms with van der Waals surface area (Å²) in [6, 6.07) is 13.8. The van der Waals surface area contributed by atoms with Crippen LogP contribution in [0.25, 0.3) is 11.3 Å². The van der Waals surface area contributed by atoms with E-state index in [0.717, 1.165) is 0 Å². The zero-order valence-electron chi connectivity index (χ0n) is 15.1. The number of ether oxygens (including phenoxy) is 1. The highest BCUT2D eigenvalue weighted by atomic mass is 35.5. The third-order valence-corrected chi connectivity index (χ3v) is 4.72. The molecule has 1 atom stereocenters. The highest BCUT2D eigenvalue weighted by Gasteiger charge is 2.31. The Bertz CT molecular complexity index is 953. The van der Waals surface area contributed by atoms with Crippen LogP contribution in [0, 0.1) is 6.92 Å². The number of hydrogen-bond donors (Lipinski definition) is 1. The summed E-state index contributed by atoms with van der Waals surface area (Å²) in [5.74, 6) is 1.06. The van der Waals surface area contributed by atoms with Crippen LogP contribution >= 0.6 is 11.6 Å². The Balaban J connectivity index is 2.10. The van der Waals surface area contributed by atoms with E-state index in [-0.39, 0.29) is 0 Å². The van der Waals surface area contributed by atoms with E-state index in [2.05, 4.69) is 5.16 Å². The molecule has 0 bridgehead atoms. The summed E-state index contributed by atoms with van der Waals surface area (Å²) in [7, 11) is 1.58. The van der Waals surface area contributed by atoms with Gasteiger partial charge in [-0.1, -0.05) is 35.0 Å². The van der Waals surface area contributed by atoms with Crippen molar-refractivity contribution in [1.29, 1.82) is 0 Å². The minimum absolute atomic E-state index is 0.372. The minimum Gasteiger partial charge on any atom is -0.497 e. The molecule has 0 aliphatic rings. The van der Waals surface area contributed by atoms with Crippen LogP contribution in [0.4, 0.5) is 10.5 Å². The summed E-state index contributed by atoms with van der Waals surface area (Å²) < 4.78 is 10.6. The molecule has 2 aromatic carbocycles. The number of rotatable bonds is 5. The van der Waals surface area contributed by atoms with Gasteiger partial charge in [-0.3, -0.25) is 4.90 Å². The molecule has 1 amide bonds. The average molecular weight is 387 g/mol. The number of benzene rings is 2. The minimum atomic E-state index is -1.12. The molecular formula is C20H19ClN2O4. The maximum atomic E-state index is 12.2. The molecule has 140 valence electrons. The van der Waals surface area contributed by atoms with E-state index < -0.39 is 12.1 Å². The van der Waals surface area contributed by atoms with Crippen LogP contribution in [0.15, 0.2) is 53.1 Å². The summed E-state index contributed by atoms with van der Waals surface area (Å²) in [6.45, 7) is 3.49. The number of anilines is 1. The maximum absolute atomic E-state index is 12.2. The fourth-order valence-corrected chi connectivity index (χ4v) is 3.28. The highest BCUT2D eigenvalue weighted by Crippen LogP contribution is 2.39. The lowest BCUT2D eigenvalue weighted by molar-refractivity contribution is 0.199. The van der Waals surface area contributed by atoms with Crippen LogP contribution in [0.1, 0.15) is 24.2 Å². The Morgan fingerprint density at radius 3 is 2.48 bits per heavy atom. The number of halogens is 1. The monoisotopic (exact) mass is 386 g/mol. The molecule has 0 radical (unpaired) electrons. The number of aryl methyl sites for hydroxylation is 1. The first-order chi connectivity index (χ1) is 12.9. The van der Waals surface area contributed by atoms with Crippen LogP contribution in [0.2, 0.25) is 5.02 Å². The van der Waals surface area contributed by atoms with Crippen LogP contribution in [0.3, 0.4) is 0 Å². The van der Waals surface area contributed by atoms with Gasteiger partial charge in [0, 0.05) is 10.6 Å². The molecule has 7 heteroatoms. The molecule has 0 aliphatic carbocycles. The number of hydrogen-bond acceptors (Lipinski definition) is 4. The van der Waals surface area contributed by atoms with Crippen LogP contribution < -0.4 is 9.64 Å². The SMILES string of the molecule is COc1ccc(-c2onc(C)c2N(C(=O)O)C(C)c2ccccc2Cl)cc1. The van der Waals surface area contributed by atoms with E-state index in [0.29, 0.717) is 39.0 Å². The Hall–Kier alpha value is -2.99. The van der Waals surface area contributed by atoms with Crippen molar-refractivity contribution in [1.82, 2.24) is 5.16 Å². The van der Waals surface area contributed by atoms with Crippen molar-refractivity contribution in [2.24, 2.45) is 0 Å². The number of aromatic nitrogens is 1. The van der Waals surface area contributed by atoms with Crippen molar-refractivity contribution < 1.29 is 19.2 Å². The van der Waals surface area contributed by atoms with Crippen molar-refractivity contribution in [2.45, 2.75) is 19.9 Å². The number of methoxy groups -OCH3 is 1. The second-order valence-corrected chi connectivity index (χ2v) is 6.43.